The highest BCUT2D eigenvalue weighted by Gasteiger charge is 2.11. The third kappa shape index (κ3) is 5.83. The van der Waals surface area contributed by atoms with Crippen molar-refractivity contribution in [3.63, 3.8) is 0 Å². The Balaban J connectivity index is 1.86. The van der Waals surface area contributed by atoms with E-state index in [0.29, 0.717) is 6.42 Å². The zero-order chi connectivity index (χ0) is 18.1. The summed E-state index contributed by atoms with van der Waals surface area (Å²) in [6.45, 7) is 0.253. The number of terminal acetylenes is 1. The minimum absolute atomic E-state index is 0.00516. The number of hydrogen-bond donors (Lipinski definition) is 3. The maximum Gasteiger partial charge on any atom is 0.319 e. The van der Waals surface area contributed by atoms with Gasteiger partial charge in [0.05, 0.1) is 11.8 Å². The molecule has 1 atom stereocenters. The van der Waals surface area contributed by atoms with Crippen LogP contribution in [0.25, 0.3) is 0 Å². The minimum Gasteiger partial charge on any atom is -0.479 e. The van der Waals surface area contributed by atoms with Gasteiger partial charge in [-0.25, -0.2) is 9.18 Å². The van der Waals surface area contributed by atoms with Crippen molar-refractivity contribution in [1.82, 2.24) is 5.32 Å². The van der Waals surface area contributed by atoms with E-state index in [1.807, 2.05) is 30.3 Å². The van der Waals surface area contributed by atoms with Crippen molar-refractivity contribution in [3.05, 3.63) is 59.9 Å². The number of halogens is 1. The normalized spacial score (nSPS) is 11.2. The van der Waals surface area contributed by atoms with E-state index < -0.39 is 18.0 Å². The fraction of sp³-hybridized carbons (Fsp3) is 0.211. The number of ether oxygens (including phenoxy) is 1. The molecule has 2 rings (SSSR count). The molecule has 0 bridgehead atoms. The Kier molecular flexibility index (Phi) is 6.81. The molecular formula is C19H19FN2O3. The number of rotatable bonds is 7. The fourth-order valence-electron chi connectivity index (χ4n) is 2.18. The highest BCUT2D eigenvalue weighted by atomic mass is 19.1. The molecule has 0 heterocycles. The highest BCUT2D eigenvalue weighted by Crippen LogP contribution is 2.25. The first-order chi connectivity index (χ1) is 12.1. The van der Waals surface area contributed by atoms with Crippen LogP contribution in [0.5, 0.6) is 5.75 Å². The number of carbonyl (C=O) groups excluding carboxylic acids is 1. The maximum atomic E-state index is 13.4. The van der Waals surface area contributed by atoms with Crippen LogP contribution in [0.3, 0.4) is 0 Å². The van der Waals surface area contributed by atoms with Crippen molar-refractivity contribution < 1.29 is 19.0 Å². The van der Waals surface area contributed by atoms with E-state index in [4.69, 9.17) is 11.2 Å². The van der Waals surface area contributed by atoms with Crippen molar-refractivity contribution in [2.24, 2.45) is 0 Å². The Labute approximate surface area is 145 Å². The summed E-state index contributed by atoms with van der Waals surface area (Å²) in [5, 5.41) is 15.2. The summed E-state index contributed by atoms with van der Waals surface area (Å²) >= 11 is 0. The van der Waals surface area contributed by atoms with E-state index in [1.165, 1.54) is 12.1 Å². The molecule has 3 N–H and O–H groups in total. The summed E-state index contributed by atoms with van der Waals surface area (Å²) in [5.41, 5.74) is 0.955. The van der Waals surface area contributed by atoms with Crippen molar-refractivity contribution in [3.8, 4) is 18.1 Å². The lowest BCUT2D eigenvalue weighted by Gasteiger charge is -2.14. The van der Waals surface area contributed by atoms with Gasteiger partial charge >= 0.3 is 6.03 Å². The Morgan fingerprint density at radius 2 is 2.04 bits per heavy atom. The molecule has 130 valence electrons. The van der Waals surface area contributed by atoms with Gasteiger partial charge in [-0.15, -0.1) is 6.42 Å². The molecule has 2 aromatic rings. The number of benzene rings is 2. The summed E-state index contributed by atoms with van der Waals surface area (Å²) in [7, 11) is 0. The standard InChI is InChI=1S/C19H19FN2O3/c1-2-12-25-18-9-8-15(20)13-16(18)22-19(24)21-11-10-17(23)14-6-4-3-5-7-14/h1,3-9,13,17,23H,10-12H2,(H2,21,22,24). The number of aliphatic hydroxyl groups excluding tert-OH is 1. The van der Waals surface area contributed by atoms with Crippen LogP contribution < -0.4 is 15.4 Å². The summed E-state index contributed by atoms with van der Waals surface area (Å²) in [6, 6.07) is 12.4. The van der Waals surface area contributed by atoms with Crippen LogP contribution in [-0.2, 0) is 0 Å². The predicted octanol–water partition coefficient (Wildman–Crippen LogP) is 3.08. The first-order valence-corrected chi connectivity index (χ1v) is 7.74. The van der Waals surface area contributed by atoms with Crippen LogP contribution in [-0.4, -0.2) is 24.3 Å². The molecule has 0 aliphatic rings. The number of carbonyl (C=O) groups is 1. The largest absolute Gasteiger partial charge is 0.479 e. The molecule has 5 nitrogen and oxygen atoms in total. The van der Waals surface area contributed by atoms with Gasteiger partial charge in [-0.1, -0.05) is 36.3 Å². The quantitative estimate of drug-likeness (QED) is 0.677. The number of nitrogens with one attached hydrogen (secondary N) is 2. The number of urea groups is 1. The monoisotopic (exact) mass is 342 g/mol. The molecule has 0 aliphatic carbocycles. The van der Waals surface area contributed by atoms with E-state index in [0.717, 1.165) is 11.6 Å². The average Bonchev–Trinajstić information content (AvgIpc) is 2.61. The Morgan fingerprint density at radius 1 is 1.28 bits per heavy atom. The van der Waals surface area contributed by atoms with Gasteiger partial charge in [-0.2, -0.15) is 0 Å². The molecule has 2 aromatic carbocycles. The van der Waals surface area contributed by atoms with Crippen LogP contribution in [0.15, 0.2) is 48.5 Å². The molecular weight excluding hydrogens is 323 g/mol. The van der Waals surface area contributed by atoms with Gasteiger partial charge in [0.15, 0.2) is 0 Å². The third-order valence-electron chi connectivity index (χ3n) is 3.39. The van der Waals surface area contributed by atoms with Gasteiger partial charge in [-0.05, 0) is 24.1 Å². The topological polar surface area (TPSA) is 70.6 Å². The number of hydrogen-bond acceptors (Lipinski definition) is 3. The van der Waals surface area contributed by atoms with Gasteiger partial charge in [0, 0.05) is 12.6 Å². The van der Waals surface area contributed by atoms with Crippen molar-refractivity contribution in [2.45, 2.75) is 12.5 Å². The molecule has 1 unspecified atom stereocenters. The maximum absolute atomic E-state index is 13.4. The Hall–Kier alpha value is -3.04. The van der Waals surface area contributed by atoms with E-state index >= 15 is 0 Å². The second kappa shape index (κ2) is 9.30. The first-order valence-electron chi connectivity index (χ1n) is 7.74. The molecule has 0 aliphatic heterocycles. The Bertz CT molecular complexity index is 744. The van der Waals surface area contributed by atoms with Gasteiger partial charge in [0.25, 0.3) is 0 Å². The average molecular weight is 342 g/mol. The number of anilines is 1. The molecule has 6 heteroatoms. The van der Waals surface area contributed by atoms with E-state index in [-0.39, 0.29) is 24.6 Å². The SMILES string of the molecule is C#CCOc1ccc(F)cc1NC(=O)NCCC(O)c1ccccc1. The molecule has 0 fully saturated rings. The van der Waals surface area contributed by atoms with Gasteiger partial charge < -0.3 is 20.5 Å². The summed E-state index contributed by atoms with van der Waals surface area (Å²) in [4.78, 5) is 11.9. The van der Waals surface area contributed by atoms with Crippen molar-refractivity contribution in [2.75, 3.05) is 18.5 Å². The molecule has 2 amide bonds. The second-order valence-corrected chi connectivity index (χ2v) is 5.23. The molecule has 0 saturated carbocycles. The van der Waals surface area contributed by atoms with E-state index in [2.05, 4.69) is 16.6 Å². The van der Waals surface area contributed by atoms with Crippen LogP contribution in [0.2, 0.25) is 0 Å². The van der Waals surface area contributed by atoms with Crippen LogP contribution in [0, 0.1) is 18.2 Å². The fourth-order valence-corrected chi connectivity index (χ4v) is 2.18. The molecule has 0 aromatic heterocycles. The lowest BCUT2D eigenvalue weighted by molar-refractivity contribution is 0.167. The zero-order valence-electron chi connectivity index (χ0n) is 13.5. The smallest absolute Gasteiger partial charge is 0.319 e. The summed E-state index contributed by atoms with van der Waals surface area (Å²) < 4.78 is 18.6. The van der Waals surface area contributed by atoms with Crippen LogP contribution in [0.4, 0.5) is 14.9 Å². The zero-order valence-corrected chi connectivity index (χ0v) is 13.5. The lowest BCUT2D eigenvalue weighted by atomic mass is 10.1. The third-order valence-corrected chi connectivity index (χ3v) is 3.39. The number of aliphatic hydroxyl groups is 1. The molecule has 25 heavy (non-hydrogen) atoms. The minimum atomic E-state index is -0.676. The lowest BCUT2D eigenvalue weighted by Crippen LogP contribution is -2.30. The predicted molar refractivity (Wildman–Crippen MR) is 93.8 cm³/mol. The Morgan fingerprint density at radius 3 is 2.76 bits per heavy atom. The van der Waals surface area contributed by atoms with E-state index in [1.54, 1.807) is 0 Å². The second-order valence-electron chi connectivity index (χ2n) is 5.23. The summed E-state index contributed by atoms with van der Waals surface area (Å²) in [5.74, 6) is 2.07. The van der Waals surface area contributed by atoms with E-state index in [9.17, 15) is 14.3 Å². The molecule has 0 saturated heterocycles. The van der Waals surface area contributed by atoms with Crippen molar-refractivity contribution >= 4 is 11.7 Å². The van der Waals surface area contributed by atoms with Gasteiger partial charge in [0.2, 0.25) is 0 Å². The first kappa shape index (κ1) is 18.3. The number of amides is 2. The van der Waals surface area contributed by atoms with Crippen LogP contribution in [0.1, 0.15) is 18.1 Å². The van der Waals surface area contributed by atoms with Gasteiger partial charge in [-0.3, -0.25) is 0 Å². The summed E-state index contributed by atoms with van der Waals surface area (Å²) in [6.07, 6.45) is 4.80. The highest BCUT2D eigenvalue weighted by molar-refractivity contribution is 5.90. The van der Waals surface area contributed by atoms with Crippen LogP contribution >= 0.6 is 0 Å². The van der Waals surface area contributed by atoms with Crippen molar-refractivity contribution in [1.29, 1.82) is 0 Å². The molecule has 0 spiro atoms. The molecule has 0 radical (unpaired) electrons. The van der Waals surface area contributed by atoms with Gasteiger partial charge in [0.1, 0.15) is 18.2 Å².